The molecule has 0 unspecified atom stereocenters. The molecule has 1 amide bonds. The zero-order chi connectivity index (χ0) is 15.2. The van der Waals surface area contributed by atoms with Crippen molar-refractivity contribution in [3.05, 3.63) is 60.2 Å². The molecule has 0 N–H and O–H groups in total. The van der Waals surface area contributed by atoms with Gasteiger partial charge in [-0.05, 0) is 24.3 Å². The Kier molecular flexibility index (Phi) is 5.17. The van der Waals surface area contributed by atoms with Crippen molar-refractivity contribution in [2.24, 2.45) is 0 Å². The van der Waals surface area contributed by atoms with Crippen LogP contribution in [-0.4, -0.2) is 18.1 Å². The highest BCUT2D eigenvalue weighted by atomic mass is 32.2. The summed E-state index contributed by atoms with van der Waals surface area (Å²) in [5.74, 6) is -0.117. The number of amides is 1. The third-order valence-electron chi connectivity index (χ3n) is 3.08. The van der Waals surface area contributed by atoms with E-state index in [0.717, 1.165) is 17.4 Å². The van der Waals surface area contributed by atoms with Crippen LogP contribution in [0.1, 0.15) is 23.7 Å². The van der Waals surface area contributed by atoms with Gasteiger partial charge in [0, 0.05) is 24.1 Å². The second-order valence-corrected chi connectivity index (χ2v) is 5.62. The SMILES string of the molecule is CCC(=O)Sc1ccccc1C(=O)N(C)c1ccccc1. The number of rotatable bonds is 4. The summed E-state index contributed by atoms with van der Waals surface area (Å²) < 4.78 is 0. The highest BCUT2D eigenvalue weighted by molar-refractivity contribution is 8.13. The third-order valence-corrected chi connectivity index (χ3v) is 4.17. The first kappa shape index (κ1) is 15.3. The number of hydrogen-bond donors (Lipinski definition) is 0. The van der Waals surface area contributed by atoms with E-state index in [1.54, 1.807) is 18.0 Å². The first-order valence-corrected chi connectivity index (χ1v) is 7.58. The Morgan fingerprint density at radius 3 is 2.29 bits per heavy atom. The average Bonchev–Trinajstić information content (AvgIpc) is 2.54. The Morgan fingerprint density at radius 1 is 1.00 bits per heavy atom. The zero-order valence-corrected chi connectivity index (χ0v) is 12.9. The standard InChI is InChI=1S/C17H17NO2S/c1-3-16(19)21-15-12-8-7-11-14(15)17(20)18(2)13-9-5-4-6-10-13/h4-12H,3H2,1-2H3. The molecule has 0 bridgehead atoms. The van der Waals surface area contributed by atoms with Crippen LogP contribution in [0, 0.1) is 0 Å². The van der Waals surface area contributed by atoms with E-state index < -0.39 is 0 Å². The number of benzene rings is 2. The first-order valence-electron chi connectivity index (χ1n) is 6.76. The largest absolute Gasteiger partial charge is 0.311 e. The summed E-state index contributed by atoms with van der Waals surface area (Å²) >= 11 is 1.12. The molecule has 21 heavy (non-hydrogen) atoms. The monoisotopic (exact) mass is 299 g/mol. The van der Waals surface area contributed by atoms with Crippen LogP contribution in [0.2, 0.25) is 0 Å². The van der Waals surface area contributed by atoms with Gasteiger partial charge in [-0.2, -0.15) is 0 Å². The number of carbonyl (C=O) groups is 2. The normalized spacial score (nSPS) is 10.2. The maximum atomic E-state index is 12.6. The summed E-state index contributed by atoms with van der Waals surface area (Å²) in [5, 5.41) is 0.0533. The Labute approximate surface area is 129 Å². The Morgan fingerprint density at radius 2 is 1.62 bits per heavy atom. The quantitative estimate of drug-likeness (QED) is 0.801. The molecule has 0 saturated heterocycles. The smallest absolute Gasteiger partial charge is 0.259 e. The number of anilines is 1. The van der Waals surface area contributed by atoms with Crippen molar-refractivity contribution in [1.29, 1.82) is 0 Å². The fourth-order valence-electron chi connectivity index (χ4n) is 1.88. The van der Waals surface area contributed by atoms with Gasteiger partial charge in [-0.15, -0.1) is 0 Å². The zero-order valence-electron chi connectivity index (χ0n) is 12.1. The molecule has 4 heteroatoms. The van der Waals surface area contributed by atoms with E-state index in [-0.39, 0.29) is 11.0 Å². The average molecular weight is 299 g/mol. The first-order chi connectivity index (χ1) is 10.1. The number of para-hydroxylation sites is 1. The highest BCUT2D eigenvalue weighted by Crippen LogP contribution is 2.26. The summed E-state index contributed by atoms with van der Waals surface area (Å²) in [5.41, 5.74) is 1.37. The lowest BCUT2D eigenvalue weighted by Gasteiger charge is -2.18. The molecule has 0 saturated carbocycles. The van der Waals surface area contributed by atoms with Crippen LogP contribution in [0.5, 0.6) is 0 Å². The summed E-state index contributed by atoms with van der Waals surface area (Å²) in [6.45, 7) is 1.82. The summed E-state index contributed by atoms with van der Waals surface area (Å²) in [7, 11) is 1.74. The second kappa shape index (κ2) is 7.09. The number of nitrogens with zero attached hydrogens (tertiary/aromatic N) is 1. The molecule has 0 aromatic heterocycles. The predicted molar refractivity (Wildman–Crippen MR) is 86.8 cm³/mol. The fraction of sp³-hybridized carbons (Fsp3) is 0.176. The van der Waals surface area contributed by atoms with Crippen LogP contribution < -0.4 is 4.90 Å². The van der Waals surface area contributed by atoms with Gasteiger partial charge < -0.3 is 4.90 Å². The molecule has 0 atom stereocenters. The van der Waals surface area contributed by atoms with Gasteiger partial charge in [0.15, 0.2) is 5.12 Å². The summed E-state index contributed by atoms with van der Waals surface area (Å²) in [6.07, 6.45) is 0.446. The number of carbonyl (C=O) groups excluding carboxylic acids is 2. The third kappa shape index (κ3) is 3.73. The second-order valence-electron chi connectivity index (χ2n) is 4.52. The molecule has 0 radical (unpaired) electrons. The predicted octanol–water partition coefficient (Wildman–Crippen LogP) is 3.99. The van der Waals surface area contributed by atoms with Gasteiger partial charge in [0.1, 0.15) is 0 Å². The van der Waals surface area contributed by atoms with Crippen molar-refractivity contribution in [1.82, 2.24) is 0 Å². The lowest BCUT2D eigenvalue weighted by Crippen LogP contribution is -2.26. The molecule has 3 nitrogen and oxygen atoms in total. The lowest BCUT2D eigenvalue weighted by molar-refractivity contribution is -0.110. The van der Waals surface area contributed by atoms with E-state index >= 15 is 0 Å². The minimum atomic E-state index is -0.117. The van der Waals surface area contributed by atoms with Gasteiger partial charge >= 0.3 is 0 Å². The van der Waals surface area contributed by atoms with Crippen LogP contribution in [0.3, 0.4) is 0 Å². The summed E-state index contributed by atoms with van der Waals surface area (Å²) in [4.78, 5) is 26.6. The van der Waals surface area contributed by atoms with Crippen molar-refractivity contribution < 1.29 is 9.59 Å². The molecule has 0 aliphatic heterocycles. The maximum absolute atomic E-state index is 12.6. The Bertz CT molecular complexity index is 640. The Hall–Kier alpha value is -2.07. The van der Waals surface area contributed by atoms with Crippen molar-refractivity contribution in [3.8, 4) is 0 Å². The molecular weight excluding hydrogens is 282 g/mol. The molecule has 0 spiro atoms. The van der Waals surface area contributed by atoms with Gasteiger partial charge in [-0.3, -0.25) is 9.59 Å². The van der Waals surface area contributed by atoms with Crippen molar-refractivity contribution >= 4 is 28.5 Å². The molecule has 0 aliphatic rings. The van der Waals surface area contributed by atoms with E-state index in [1.165, 1.54) is 0 Å². The van der Waals surface area contributed by atoms with Crippen LogP contribution in [0.25, 0.3) is 0 Å². The van der Waals surface area contributed by atoms with Gasteiger partial charge in [-0.1, -0.05) is 49.0 Å². The van der Waals surface area contributed by atoms with E-state index in [2.05, 4.69) is 0 Å². The van der Waals surface area contributed by atoms with Crippen LogP contribution >= 0.6 is 11.8 Å². The van der Waals surface area contributed by atoms with Crippen molar-refractivity contribution in [2.75, 3.05) is 11.9 Å². The number of hydrogen-bond acceptors (Lipinski definition) is 3. The molecule has 0 aliphatic carbocycles. The van der Waals surface area contributed by atoms with Crippen molar-refractivity contribution in [2.45, 2.75) is 18.2 Å². The Balaban J connectivity index is 2.29. The molecular formula is C17H17NO2S. The minimum Gasteiger partial charge on any atom is -0.311 e. The highest BCUT2D eigenvalue weighted by Gasteiger charge is 2.18. The molecule has 108 valence electrons. The van der Waals surface area contributed by atoms with E-state index in [4.69, 9.17) is 0 Å². The minimum absolute atomic E-state index is 0.0533. The molecule has 2 aromatic carbocycles. The van der Waals surface area contributed by atoms with Gasteiger partial charge in [-0.25, -0.2) is 0 Å². The van der Waals surface area contributed by atoms with Gasteiger partial charge in [0.2, 0.25) is 0 Å². The molecule has 2 rings (SSSR count). The van der Waals surface area contributed by atoms with Crippen LogP contribution in [0.4, 0.5) is 5.69 Å². The number of thioether (sulfide) groups is 1. The van der Waals surface area contributed by atoms with Crippen molar-refractivity contribution in [3.63, 3.8) is 0 Å². The van der Waals surface area contributed by atoms with Crippen LogP contribution in [0.15, 0.2) is 59.5 Å². The topological polar surface area (TPSA) is 37.4 Å². The van der Waals surface area contributed by atoms with E-state index in [9.17, 15) is 9.59 Å². The molecule has 0 heterocycles. The van der Waals surface area contributed by atoms with Crippen LogP contribution in [-0.2, 0) is 4.79 Å². The van der Waals surface area contributed by atoms with Gasteiger partial charge in [0.25, 0.3) is 5.91 Å². The maximum Gasteiger partial charge on any atom is 0.259 e. The molecule has 0 fully saturated rings. The molecule has 2 aromatic rings. The lowest BCUT2D eigenvalue weighted by atomic mass is 10.2. The van der Waals surface area contributed by atoms with E-state index in [0.29, 0.717) is 16.9 Å². The summed E-state index contributed by atoms with van der Waals surface area (Å²) in [6, 6.07) is 16.7. The van der Waals surface area contributed by atoms with E-state index in [1.807, 2.05) is 55.5 Å². The van der Waals surface area contributed by atoms with Gasteiger partial charge in [0.05, 0.1) is 5.56 Å². The fourth-order valence-corrected chi connectivity index (χ4v) is 2.68.